The van der Waals surface area contributed by atoms with Crippen molar-refractivity contribution in [3.63, 3.8) is 0 Å². The lowest BCUT2D eigenvalue weighted by molar-refractivity contribution is -0.124. The van der Waals surface area contributed by atoms with Gasteiger partial charge in [0.25, 0.3) is 0 Å². The second-order valence-corrected chi connectivity index (χ2v) is 7.28. The number of carbonyl (C=O) groups excluding carboxylic acids is 1. The first-order valence-electron chi connectivity index (χ1n) is 7.58. The third-order valence-electron chi connectivity index (χ3n) is 5.34. The van der Waals surface area contributed by atoms with Gasteiger partial charge in [-0.15, -0.1) is 10.2 Å². The van der Waals surface area contributed by atoms with E-state index in [0.29, 0.717) is 17.4 Å². The van der Waals surface area contributed by atoms with E-state index in [4.69, 9.17) is 0 Å². The Morgan fingerprint density at radius 1 is 1.40 bits per heavy atom. The van der Waals surface area contributed by atoms with Crippen LogP contribution in [0.25, 0.3) is 0 Å². The van der Waals surface area contributed by atoms with E-state index in [9.17, 15) is 4.79 Å². The molecule has 0 radical (unpaired) electrons. The first-order valence-corrected chi connectivity index (χ1v) is 8.46. The number of amides is 1. The van der Waals surface area contributed by atoms with E-state index in [-0.39, 0.29) is 5.92 Å². The van der Waals surface area contributed by atoms with Crippen LogP contribution < -0.4 is 10.2 Å². The van der Waals surface area contributed by atoms with E-state index in [2.05, 4.69) is 20.4 Å². The van der Waals surface area contributed by atoms with Crippen molar-refractivity contribution in [2.75, 3.05) is 18.0 Å². The summed E-state index contributed by atoms with van der Waals surface area (Å²) in [6.07, 6.45) is 6.96. The largest absolute Gasteiger partial charge is 0.353 e. The average molecular weight is 292 g/mol. The molecule has 2 saturated carbocycles. The summed E-state index contributed by atoms with van der Waals surface area (Å²) in [6, 6.07) is 0.474. The number of rotatable bonds is 3. The fraction of sp³-hybridized carbons (Fsp3) is 0.786. The Hall–Kier alpha value is -1.17. The Balaban J connectivity index is 1.32. The molecule has 1 unspecified atom stereocenters. The molecule has 1 atom stereocenters. The maximum absolute atomic E-state index is 12.2. The van der Waals surface area contributed by atoms with Crippen LogP contribution in [0.5, 0.6) is 0 Å². The highest BCUT2D eigenvalue weighted by Crippen LogP contribution is 2.59. The van der Waals surface area contributed by atoms with E-state index in [1.807, 2.05) is 0 Å². The molecule has 5 nitrogen and oxygen atoms in total. The van der Waals surface area contributed by atoms with Gasteiger partial charge in [0.2, 0.25) is 11.0 Å². The Bertz CT molecular complexity index is 491. The lowest BCUT2D eigenvalue weighted by Crippen LogP contribution is -2.42. The number of carbonyl (C=O) groups is 1. The summed E-state index contributed by atoms with van der Waals surface area (Å²) in [5, 5.41) is 12.3. The van der Waals surface area contributed by atoms with Crippen molar-refractivity contribution in [3.8, 4) is 0 Å². The summed E-state index contributed by atoms with van der Waals surface area (Å²) < 4.78 is 0. The summed E-state index contributed by atoms with van der Waals surface area (Å²) in [7, 11) is 0. The molecule has 2 heterocycles. The van der Waals surface area contributed by atoms with Crippen LogP contribution in [-0.2, 0) is 4.79 Å². The molecule has 1 aromatic rings. The molecule has 1 spiro atoms. The number of aromatic nitrogens is 2. The number of hydrogen-bond acceptors (Lipinski definition) is 5. The second-order valence-electron chi connectivity index (χ2n) is 6.46. The topological polar surface area (TPSA) is 58.1 Å². The number of nitrogens with one attached hydrogen (secondary N) is 1. The van der Waals surface area contributed by atoms with Gasteiger partial charge in [-0.25, -0.2) is 0 Å². The summed E-state index contributed by atoms with van der Waals surface area (Å²) in [4.78, 5) is 14.6. The predicted molar refractivity (Wildman–Crippen MR) is 77.7 cm³/mol. The maximum atomic E-state index is 12.2. The van der Waals surface area contributed by atoms with Gasteiger partial charge in [-0.1, -0.05) is 11.3 Å². The zero-order valence-corrected chi connectivity index (χ0v) is 12.4. The molecule has 3 fully saturated rings. The van der Waals surface area contributed by atoms with Crippen molar-refractivity contribution in [2.24, 2.45) is 11.3 Å². The second kappa shape index (κ2) is 4.69. The normalized spacial score (nSPS) is 28.2. The summed E-state index contributed by atoms with van der Waals surface area (Å²) in [5.74, 6) is 0.596. The van der Waals surface area contributed by atoms with Crippen LogP contribution in [0.1, 0.15) is 38.5 Å². The van der Waals surface area contributed by atoms with Crippen LogP contribution in [0.15, 0.2) is 5.51 Å². The molecule has 20 heavy (non-hydrogen) atoms. The smallest absolute Gasteiger partial charge is 0.223 e. The molecule has 6 heteroatoms. The third kappa shape index (κ3) is 2.10. The van der Waals surface area contributed by atoms with Gasteiger partial charge in [0, 0.05) is 25.0 Å². The monoisotopic (exact) mass is 292 g/mol. The molecule has 2 aliphatic carbocycles. The first kappa shape index (κ1) is 12.6. The Morgan fingerprint density at radius 2 is 2.20 bits per heavy atom. The van der Waals surface area contributed by atoms with Crippen LogP contribution >= 0.6 is 11.3 Å². The van der Waals surface area contributed by atoms with Crippen LogP contribution in [0.3, 0.4) is 0 Å². The minimum Gasteiger partial charge on any atom is -0.353 e. The van der Waals surface area contributed by atoms with Gasteiger partial charge in [0.15, 0.2) is 0 Å². The van der Waals surface area contributed by atoms with Gasteiger partial charge >= 0.3 is 0 Å². The average Bonchev–Trinajstić information content (AvgIpc) is 2.87. The molecule has 1 amide bonds. The minimum absolute atomic E-state index is 0.277. The van der Waals surface area contributed by atoms with Gasteiger partial charge in [-0.3, -0.25) is 4.79 Å². The third-order valence-corrected chi connectivity index (χ3v) is 6.09. The Kier molecular flexibility index (Phi) is 2.94. The predicted octanol–water partition coefficient (Wildman–Crippen LogP) is 1.81. The fourth-order valence-corrected chi connectivity index (χ4v) is 4.19. The standard InChI is InChI=1S/C14H20N4OS/c19-12(16-10-2-1-3-10)11-8-14(11)4-6-18(7-5-14)13-17-15-9-20-13/h9-11H,1-8H2,(H,16,19). The van der Waals surface area contributed by atoms with Gasteiger partial charge in [0.1, 0.15) is 5.51 Å². The quantitative estimate of drug-likeness (QED) is 0.923. The van der Waals surface area contributed by atoms with Crippen LogP contribution in [0.2, 0.25) is 0 Å². The molecule has 1 aliphatic heterocycles. The van der Waals surface area contributed by atoms with Crippen molar-refractivity contribution in [1.29, 1.82) is 0 Å². The van der Waals surface area contributed by atoms with Gasteiger partial charge in [0.05, 0.1) is 0 Å². The van der Waals surface area contributed by atoms with Crippen molar-refractivity contribution in [3.05, 3.63) is 5.51 Å². The van der Waals surface area contributed by atoms with Crippen LogP contribution in [0, 0.1) is 11.3 Å². The number of piperidine rings is 1. The van der Waals surface area contributed by atoms with Gasteiger partial charge in [-0.2, -0.15) is 0 Å². The fourth-order valence-electron chi connectivity index (χ4n) is 3.57. The first-order chi connectivity index (χ1) is 9.77. The SMILES string of the molecule is O=C(NC1CCC1)C1CC12CCN(c1nncs1)CC2. The highest BCUT2D eigenvalue weighted by atomic mass is 32.1. The van der Waals surface area contributed by atoms with E-state index in [1.165, 1.54) is 19.3 Å². The van der Waals surface area contributed by atoms with E-state index >= 15 is 0 Å². The lowest BCUT2D eigenvalue weighted by Gasteiger charge is -2.32. The minimum atomic E-state index is 0.277. The van der Waals surface area contributed by atoms with Gasteiger partial charge < -0.3 is 10.2 Å². The maximum Gasteiger partial charge on any atom is 0.223 e. The van der Waals surface area contributed by atoms with Gasteiger partial charge in [-0.05, 0) is 43.9 Å². The number of hydrogen-bond donors (Lipinski definition) is 1. The zero-order valence-electron chi connectivity index (χ0n) is 11.5. The molecule has 1 N–H and O–H groups in total. The lowest BCUT2D eigenvalue weighted by atomic mass is 9.89. The molecule has 0 aromatic carbocycles. The summed E-state index contributed by atoms with van der Waals surface area (Å²) in [6.45, 7) is 2.03. The highest BCUT2D eigenvalue weighted by Gasteiger charge is 2.58. The van der Waals surface area contributed by atoms with Crippen molar-refractivity contribution in [2.45, 2.75) is 44.6 Å². The molecular formula is C14H20N4OS. The molecule has 1 aromatic heterocycles. The highest BCUT2D eigenvalue weighted by molar-refractivity contribution is 7.13. The molecular weight excluding hydrogens is 272 g/mol. The Labute approximate surface area is 122 Å². The van der Waals surface area contributed by atoms with Crippen molar-refractivity contribution in [1.82, 2.24) is 15.5 Å². The van der Waals surface area contributed by atoms with E-state index in [0.717, 1.165) is 37.5 Å². The van der Waals surface area contributed by atoms with Crippen LogP contribution in [0.4, 0.5) is 5.13 Å². The summed E-state index contributed by atoms with van der Waals surface area (Å²) >= 11 is 1.60. The molecule has 108 valence electrons. The van der Waals surface area contributed by atoms with Crippen molar-refractivity contribution < 1.29 is 4.79 Å². The molecule has 0 bridgehead atoms. The molecule has 4 rings (SSSR count). The zero-order chi connectivity index (χ0) is 13.6. The summed E-state index contributed by atoms with van der Waals surface area (Å²) in [5.41, 5.74) is 2.08. The van der Waals surface area contributed by atoms with Crippen LogP contribution in [-0.4, -0.2) is 35.2 Å². The Morgan fingerprint density at radius 3 is 2.80 bits per heavy atom. The number of anilines is 1. The van der Waals surface area contributed by atoms with E-state index < -0.39 is 0 Å². The van der Waals surface area contributed by atoms with E-state index in [1.54, 1.807) is 16.8 Å². The molecule has 1 saturated heterocycles. The number of nitrogens with zero attached hydrogens (tertiary/aromatic N) is 3. The van der Waals surface area contributed by atoms with Crippen molar-refractivity contribution >= 4 is 22.4 Å². The molecule has 3 aliphatic rings.